The van der Waals surface area contributed by atoms with Crippen LogP contribution in [0.15, 0.2) is 59.8 Å². The summed E-state index contributed by atoms with van der Waals surface area (Å²) in [5.41, 5.74) is 9.85. The number of nitrogen functional groups attached to an aromatic ring is 1. The summed E-state index contributed by atoms with van der Waals surface area (Å²) in [4.78, 5) is 4.12. The molecule has 3 rings (SSSR count). The molecule has 0 unspecified atom stereocenters. The molecule has 0 aliphatic carbocycles. The van der Waals surface area contributed by atoms with Crippen molar-refractivity contribution in [2.75, 3.05) is 5.73 Å². The number of aryl methyl sites for hydroxylation is 2. The van der Waals surface area contributed by atoms with Gasteiger partial charge in [0.15, 0.2) is 0 Å². The summed E-state index contributed by atoms with van der Waals surface area (Å²) in [5.74, 6) is 1.22. The van der Waals surface area contributed by atoms with Gasteiger partial charge >= 0.3 is 0 Å². The maximum atomic E-state index is 5.83. The number of nitrogens with zero attached hydrogens (tertiary/aromatic N) is 3. The van der Waals surface area contributed by atoms with E-state index in [1.165, 1.54) is 0 Å². The Labute approximate surface area is 141 Å². The summed E-state index contributed by atoms with van der Waals surface area (Å²) in [6.45, 7) is 4.46. The van der Waals surface area contributed by atoms with Crippen LogP contribution in [0.5, 0.6) is 5.75 Å². The number of aromatic nitrogens is 2. The molecule has 3 aromatic rings. The van der Waals surface area contributed by atoms with Crippen molar-refractivity contribution in [1.29, 1.82) is 0 Å². The van der Waals surface area contributed by atoms with Crippen molar-refractivity contribution in [3.05, 3.63) is 77.1 Å². The van der Waals surface area contributed by atoms with Crippen LogP contribution in [0.3, 0.4) is 0 Å². The van der Waals surface area contributed by atoms with Gasteiger partial charge in [0, 0.05) is 0 Å². The zero-order chi connectivity index (χ0) is 16.9. The fourth-order valence-corrected chi connectivity index (χ4v) is 2.34. The highest BCUT2D eigenvalue weighted by atomic mass is 16.5. The molecule has 0 fully saturated rings. The van der Waals surface area contributed by atoms with Crippen molar-refractivity contribution in [2.24, 2.45) is 5.10 Å². The maximum Gasteiger partial charge on any atom is 0.221 e. The Morgan fingerprint density at radius 3 is 2.62 bits per heavy atom. The molecule has 0 amide bonds. The molecule has 1 aromatic heterocycles. The fourth-order valence-electron chi connectivity index (χ4n) is 2.34. The first-order chi connectivity index (χ1) is 11.6. The number of imidazole rings is 1. The average Bonchev–Trinajstić information content (AvgIpc) is 2.90. The molecule has 5 nitrogen and oxygen atoms in total. The molecule has 24 heavy (non-hydrogen) atoms. The van der Waals surface area contributed by atoms with Gasteiger partial charge in [0.25, 0.3) is 0 Å². The quantitative estimate of drug-likeness (QED) is 0.731. The Hall–Kier alpha value is -3.08. The van der Waals surface area contributed by atoms with Gasteiger partial charge in [0.2, 0.25) is 5.95 Å². The predicted octanol–water partition coefficient (Wildman–Crippen LogP) is 3.54. The molecule has 0 spiro atoms. The van der Waals surface area contributed by atoms with E-state index in [0.29, 0.717) is 12.6 Å². The first-order valence-electron chi connectivity index (χ1n) is 7.75. The van der Waals surface area contributed by atoms with Crippen molar-refractivity contribution in [1.82, 2.24) is 9.66 Å². The predicted molar refractivity (Wildman–Crippen MR) is 96.3 cm³/mol. The lowest BCUT2D eigenvalue weighted by atomic mass is 10.1. The van der Waals surface area contributed by atoms with Gasteiger partial charge < -0.3 is 10.5 Å². The summed E-state index contributed by atoms with van der Waals surface area (Å²) in [6, 6.07) is 16.0. The number of benzene rings is 2. The zero-order valence-corrected chi connectivity index (χ0v) is 13.8. The summed E-state index contributed by atoms with van der Waals surface area (Å²) in [6.07, 6.45) is 3.56. The molecule has 0 radical (unpaired) electrons. The summed E-state index contributed by atoms with van der Waals surface area (Å²) in [5, 5.41) is 4.34. The number of hydrogen-bond donors (Lipinski definition) is 1. The average molecular weight is 320 g/mol. The molecule has 0 aliphatic rings. The van der Waals surface area contributed by atoms with Gasteiger partial charge in [-0.15, -0.1) is 0 Å². The van der Waals surface area contributed by atoms with Crippen LogP contribution in [0.1, 0.15) is 22.4 Å². The van der Waals surface area contributed by atoms with Crippen molar-refractivity contribution in [3.63, 3.8) is 0 Å². The zero-order valence-electron chi connectivity index (χ0n) is 13.8. The van der Waals surface area contributed by atoms with E-state index in [-0.39, 0.29) is 0 Å². The molecule has 2 aromatic carbocycles. The highest BCUT2D eigenvalue weighted by Gasteiger charge is 2.02. The van der Waals surface area contributed by atoms with E-state index in [1.807, 2.05) is 62.4 Å². The van der Waals surface area contributed by atoms with Crippen LogP contribution in [-0.4, -0.2) is 15.9 Å². The monoisotopic (exact) mass is 320 g/mol. The molecule has 0 atom stereocenters. The van der Waals surface area contributed by atoms with Crippen LogP contribution in [0.25, 0.3) is 0 Å². The molecule has 0 bridgehead atoms. The van der Waals surface area contributed by atoms with Crippen LogP contribution < -0.4 is 10.5 Å². The molecule has 0 saturated carbocycles. The maximum absolute atomic E-state index is 5.83. The Bertz CT molecular complexity index is 853. The number of anilines is 1. The lowest BCUT2D eigenvalue weighted by Gasteiger charge is -2.08. The van der Waals surface area contributed by atoms with E-state index >= 15 is 0 Å². The Kier molecular flexibility index (Phi) is 4.61. The van der Waals surface area contributed by atoms with Gasteiger partial charge in [0.05, 0.1) is 18.1 Å². The van der Waals surface area contributed by atoms with Crippen molar-refractivity contribution >= 4 is 12.2 Å². The topological polar surface area (TPSA) is 65.4 Å². The Morgan fingerprint density at radius 2 is 1.96 bits per heavy atom. The minimum atomic E-state index is 0.379. The van der Waals surface area contributed by atoms with E-state index in [1.54, 1.807) is 17.1 Å². The molecule has 1 heterocycles. The normalized spacial score (nSPS) is 11.1. The highest BCUT2D eigenvalue weighted by molar-refractivity contribution is 5.82. The lowest BCUT2D eigenvalue weighted by molar-refractivity contribution is 0.306. The summed E-state index contributed by atoms with van der Waals surface area (Å²) in [7, 11) is 0. The highest BCUT2D eigenvalue weighted by Crippen LogP contribution is 2.18. The van der Waals surface area contributed by atoms with Gasteiger partial charge in [-0.2, -0.15) is 5.10 Å². The van der Waals surface area contributed by atoms with Crippen LogP contribution >= 0.6 is 0 Å². The minimum absolute atomic E-state index is 0.379. The van der Waals surface area contributed by atoms with Crippen LogP contribution in [-0.2, 0) is 6.61 Å². The second-order valence-electron chi connectivity index (χ2n) is 5.62. The molecule has 0 saturated heterocycles. The van der Waals surface area contributed by atoms with Crippen molar-refractivity contribution in [3.8, 4) is 5.75 Å². The van der Waals surface area contributed by atoms with E-state index in [0.717, 1.165) is 28.1 Å². The van der Waals surface area contributed by atoms with Gasteiger partial charge in [-0.1, -0.05) is 30.3 Å². The molecular weight excluding hydrogens is 300 g/mol. The largest absolute Gasteiger partial charge is 0.489 e. The summed E-state index contributed by atoms with van der Waals surface area (Å²) < 4.78 is 7.40. The Morgan fingerprint density at radius 1 is 1.17 bits per heavy atom. The van der Waals surface area contributed by atoms with Crippen LogP contribution in [0, 0.1) is 13.8 Å². The smallest absolute Gasteiger partial charge is 0.221 e. The number of ether oxygens (including phenoxy) is 1. The van der Waals surface area contributed by atoms with Crippen LogP contribution in [0.2, 0.25) is 0 Å². The third kappa shape index (κ3) is 3.81. The van der Waals surface area contributed by atoms with Gasteiger partial charge in [-0.25, -0.2) is 9.66 Å². The third-order valence-corrected chi connectivity index (χ3v) is 3.65. The van der Waals surface area contributed by atoms with E-state index in [9.17, 15) is 0 Å². The number of hydrogen-bond acceptors (Lipinski definition) is 4. The van der Waals surface area contributed by atoms with E-state index < -0.39 is 0 Å². The first kappa shape index (κ1) is 15.8. The number of rotatable bonds is 5. The van der Waals surface area contributed by atoms with Crippen molar-refractivity contribution < 1.29 is 4.74 Å². The van der Waals surface area contributed by atoms with E-state index in [4.69, 9.17) is 10.5 Å². The lowest BCUT2D eigenvalue weighted by Crippen LogP contribution is -1.99. The second-order valence-corrected chi connectivity index (χ2v) is 5.62. The van der Waals surface area contributed by atoms with Gasteiger partial charge in [0.1, 0.15) is 12.4 Å². The standard InChI is InChI=1S/C19H20N4O/c1-14-10-18(24-13-16-6-4-3-5-7-16)9-8-17(14)11-21-23-12-15(2)22-19(23)20/h3-12H,13H2,1-2H3,(H2,20,22). The molecule has 2 N–H and O–H groups in total. The van der Waals surface area contributed by atoms with Gasteiger partial charge in [-0.3, -0.25) is 0 Å². The molecule has 5 heteroatoms. The second kappa shape index (κ2) is 7.00. The summed E-state index contributed by atoms with van der Waals surface area (Å²) >= 11 is 0. The van der Waals surface area contributed by atoms with Crippen molar-refractivity contribution in [2.45, 2.75) is 20.5 Å². The van der Waals surface area contributed by atoms with Crippen LogP contribution in [0.4, 0.5) is 5.95 Å². The SMILES string of the molecule is Cc1cn(N=Cc2ccc(OCc3ccccc3)cc2C)c(N)n1. The minimum Gasteiger partial charge on any atom is -0.489 e. The van der Waals surface area contributed by atoms with E-state index in [2.05, 4.69) is 10.1 Å². The fraction of sp³-hybridized carbons (Fsp3) is 0.158. The number of nitrogens with two attached hydrogens (primary N) is 1. The third-order valence-electron chi connectivity index (χ3n) is 3.65. The molecule has 122 valence electrons. The van der Waals surface area contributed by atoms with Gasteiger partial charge in [-0.05, 0) is 48.7 Å². The first-order valence-corrected chi connectivity index (χ1v) is 7.75. The Balaban J connectivity index is 1.69. The molecule has 0 aliphatic heterocycles. The molecular formula is C19H20N4O.